The Morgan fingerprint density at radius 1 is 1.20 bits per heavy atom. The molecule has 0 saturated carbocycles. The third-order valence-corrected chi connectivity index (χ3v) is 9.21. The third kappa shape index (κ3) is 4.13. The molecule has 2 heterocycles. The molecule has 0 spiro atoms. The quantitative estimate of drug-likeness (QED) is 0.508. The van der Waals surface area contributed by atoms with Gasteiger partial charge in [0.25, 0.3) is 0 Å². The van der Waals surface area contributed by atoms with E-state index < -0.39 is 18.4 Å². The van der Waals surface area contributed by atoms with Crippen molar-refractivity contribution in [1.82, 2.24) is 4.90 Å². The van der Waals surface area contributed by atoms with Gasteiger partial charge in [0, 0.05) is 0 Å². The predicted molar refractivity (Wildman–Crippen MR) is 106 cm³/mol. The minimum atomic E-state index is -1.88. The maximum atomic E-state index is 12.5. The molecule has 136 valence electrons. The zero-order chi connectivity index (χ0) is 18.2. The van der Waals surface area contributed by atoms with Crippen molar-refractivity contribution in [3.05, 3.63) is 39.5 Å². The fourth-order valence-electron chi connectivity index (χ4n) is 4.47. The molecule has 0 aromatic heterocycles. The van der Waals surface area contributed by atoms with Crippen LogP contribution in [-0.4, -0.2) is 55.5 Å². The first-order valence-corrected chi connectivity index (χ1v) is 19.6. The van der Waals surface area contributed by atoms with E-state index in [-0.39, 0.29) is 17.8 Å². The number of hydrogen-bond acceptors (Lipinski definition) is 3. The van der Waals surface area contributed by atoms with Gasteiger partial charge in [0.1, 0.15) is 0 Å². The van der Waals surface area contributed by atoms with Crippen molar-refractivity contribution in [3.8, 4) is 0 Å². The normalized spacial score (nSPS) is 30.0. The molecule has 2 fully saturated rings. The van der Waals surface area contributed by atoms with Gasteiger partial charge in [-0.15, -0.1) is 0 Å². The number of fused-ring (bicyclic) bond motifs is 2. The van der Waals surface area contributed by atoms with E-state index in [0.717, 1.165) is 12.8 Å². The summed E-state index contributed by atoms with van der Waals surface area (Å²) in [5, 5.41) is 0. The summed E-state index contributed by atoms with van der Waals surface area (Å²) < 4.78 is 7.61. The number of carbonyl (C=O) groups excluding carboxylic acids is 1. The Labute approximate surface area is 156 Å². The molecule has 25 heavy (non-hydrogen) atoms. The number of methoxy groups -OCH3 is 1. The molecule has 4 unspecified atom stereocenters. The van der Waals surface area contributed by atoms with Gasteiger partial charge in [0.15, 0.2) is 0 Å². The fraction of sp³-hybridized carbons (Fsp3) is 0.571. The number of esters is 1. The molecule has 3 nitrogen and oxygen atoms in total. The van der Waals surface area contributed by atoms with Crippen LogP contribution in [0.2, 0.25) is 14.8 Å². The summed E-state index contributed by atoms with van der Waals surface area (Å²) in [7, 11) is 3.69. The number of nitrogens with zero attached hydrogens (tertiary/aromatic N) is 1. The van der Waals surface area contributed by atoms with Crippen LogP contribution >= 0.6 is 0 Å². The van der Waals surface area contributed by atoms with Gasteiger partial charge >= 0.3 is 156 Å². The van der Waals surface area contributed by atoms with E-state index >= 15 is 0 Å². The van der Waals surface area contributed by atoms with Crippen LogP contribution in [0, 0.1) is 5.92 Å². The molecule has 0 N–H and O–H groups in total. The maximum absolute atomic E-state index is 12.5. The molecule has 2 bridgehead atoms. The zero-order valence-electron chi connectivity index (χ0n) is 16.2. The van der Waals surface area contributed by atoms with Crippen molar-refractivity contribution in [3.63, 3.8) is 0 Å². The molecule has 3 rings (SSSR count). The van der Waals surface area contributed by atoms with Crippen LogP contribution in [0.1, 0.15) is 36.3 Å². The third-order valence-electron chi connectivity index (χ3n) is 5.88. The van der Waals surface area contributed by atoms with Crippen molar-refractivity contribution in [2.24, 2.45) is 5.92 Å². The van der Waals surface area contributed by atoms with E-state index in [2.05, 4.69) is 61.2 Å². The Hall–Kier alpha value is -0.811. The van der Waals surface area contributed by atoms with Gasteiger partial charge < -0.3 is 0 Å². The molecule has 0 aliphatic carbocycles. The number of hydrogen-bond donors (Lipinski definition) is 0. The van der Waals surface area contributed by atoms with Crippen molar-refractivity contribution in [1.29, 1.82) is 0 Å². The van der Waals surface area contributed by atoms with Gasteiger partial charge in [0.05, 0.1) is 0 Å². The van der Waals surface area contributed by atoms with Crippen molar-refractivity contribution >= 4 is 30.4 Å². The monoisotopic (exact) mass is 449 g/mol. The first-order valence-electron chi connectivity index (χ1n) is 9.39. The second-order valence-corrected chi connectivity index (χ2v) is 23.2. The molecule has 1 aromatic rings. The Balaban J connectivity index is 1.84. The fourth-order valence-corrected chi connectivity index (χ4v) is 6.44. The van der Waals surface area contributed by atoms with Crippen LogP contribution in [0.3, 0.4) is 0 Å². The summed E-state index contributed by atoms with van der Waals surface area (Å²) in [6.07, 6.45) is 5.64. The van der Waals surface area contributed by atoms with Crippen LogP contribution in [0.5, 0.6) is 0 Å². The van der Waals surface area contributed by atoms with Gasteiger partial charge in [-0.3, -0.25) is 0 Å². The SMILES string of the molecule is COC(=O)C1C(c2ccc(/C=[CH]/[Sn]([CH3])([CH3])[CH3])cc2)CC2CCC1N2C. The summed E-state index contributed by atoms with van der Waals surface area (Å²) >= 11 is -1.88. The molecular formula is C21H31NO2Sn. The molecule has 2 aliphatic heterocycles. The van der Waals surface area contributed by atoms with Crippen molar-refractivity contribution in [2.45, 2.75) is 52.1 Å². The topological polar surface area (TPSA) is 29.5 Å². The standard InChI is InChI=1S/C18H22NO2.3CH3.Sn/c1-4-12-5-7-13(8-6-12)15-11-14-9-10-16(19(14)2)17(15)18(20)21-3;;;;/h1,4-8,14-17H,9-11H2,2-3H3;3*1H3;. The Morgan fingerprint density at radius 3 is 2.48 bits per heavy atom. The zero-order valence-corrected chi connectivity index (χ0v) is 19.0. The van der Waals surface area contributed by atoms with Gasteiger partial charge in [-0.25, -0.2) is 0 Å². The molecular weight excluding hydrogens is 417 g/mol. The van der Waals surface area contributed by atoms with Crippen molar-refractivity contribution in [2.75, 3.05) is 14.2 Å². The Morgan fingerprint density at radius 2 is 1.88 bits per heavy atom. The predicted octanol–water partition coefficient (Wildman–Crippen LogP) is 4.32. The van der Waals surface area contributed by atoms with Crippen LogP contribution in [-0.2, 0) is 9.53 Å². The second kappa shape index (κ2) is 7.43. The number of piperidine rings is 1. The first-order chi connectivity index (χ1) is 11.8. The number of ether oxygens (including phenoxy) is 1. The van der Waals surface area contributed by atoms with Crippen molar-refractivity contribution < 1.29 is 9.53 Å². The molecule has 4 heteroatoms. The van der Waals surface area contributed by atoms with E-state index in [9.17, 15) is 4.79 Å². The molecule has 2 aliphatic rings. The minimum absolute atomic E-state index is 0.0408. The molecule has 1 aromatic carbocycles. The number of rotatable bonds is 4. The van der Waals surface area contributed by atoms with Crippen LogP contribution < -0.4 is 0 Å². The van der Waals surface area contributed by atoms with E-state index in [1.165, 1.54) is 24.7 Å². The Bertz CT molecular complexity index is 647. The average molecular weight is 448 g/mol. The van der Waals surface area contributed by atoms with Crippen LogP contribution in [0.25, 0.3) is 6.08 Å². The van der Waals surface area contributed by atoms with E-state index in [1.54, 1.807) is 0 Å². The summed E-state index contributed by atoms with van der Waals surface area (Å²) in [4.78, 5) is 22.2. The van der Waals surface area contributed by atoms with E-state index in [1.807, 2.05) is 0 Å². The number of benzene rings is 1. The van der Waals surface area contributed by atoms with Gasteiger partial charge in [-0.1, -0.05) is 0 Å². The summed E-state index contributed by atoms with van der Waals surface area (Å²) in [5.41, 5.74) is 2.55. The van der Waals surface area contributed by atoms with Gasteiger partial charge in [-0.2, -0.15) is 0 Å². The second-order valence-electron chi connectivity index (χ2n) is 8.72. The Kier molecular flexibility index (Phi) is 5.64. The van der Waals surface area contributed by atoms with Gasteiger partial charge in [0.2, 0.25) is 0 Å². The van der Waals surface area contributed by atoms with Gasteiger partial charge in [-0.05, 0) is 0 Å². The van der Waals surface area contributed by atoms with Crippen LogP contribution in [0.4, 0.5) is 0 Å². The summed E-state index contributed by atoms with van der Waals surface area (Å²) in [6.45, 7) is 0. The summed E-state index contributed by atoms with van der Waals surface area (Å²) in [5.74, 6) is 0.190. The van der Waals surface area contributed by atoms with E-state index in [4.69, 9.17) is 4.74 Å². The average Bonchev–Trinajstić information content (AvgIpc) is 2.82. The molecule has 4 atom stereocenters. The molecule has 0 radical (unpaired) electrons. The van der Waals surface area contributed by atoms with Crippen LogP contribution in [0.15, 0.2) is 28.4 Å². The molecule has 0 amide bonds. The first kappa shape index (κ1) is 19.0. The van der Waals surface area contributed by atoms with E-state index in [0.29, 0.717) is 12.1 Å². The number of carbonyl (C=O) groups is 1. The molecule has 2 saturated heterocycles. The summed E-state index contributed by atoms with van der Waals surface area (Å²) in [6, 6.07) is 9.79.